The minimum Gasteiger partial charge on any atom is -0.493 e. The van der Waals surface area contributed by atoms with Gasteiger partial charge in [0.2, 0.25) is 0 Å². The van der Waals surface area contributed by atoms with Crippen LogP contribution in [0.25, 0.3) is 6.08 Å². The lowest BCUT2D eigenvalue weighted by Gasteiger charge is -2.07. The van der Waals surface area contributed by atoms with Crippen molar-refractivity contribution in [3.63, 3.8) is 0 Å². The Morgan fingerprint density at radius 3 is 2.62 bits per heavy atom. The van der Waals surface area contributed by atoms with Gasteiger partial charge in [0.25, 0.3) is 5.91 Å². The van der Waals surface area contributed by atoms with E-state index in [1.807, 2.05) is 49.4 Å². The van der Waals surface area contributed by atoms with Gasteiger partial charge in [0, 0.05) is 23.2 Å². The molecule has 26 heavy (non-hydrogen) atoms. The molecule has 0 aliphatic carbocycles. The Morgan fingerprint density at radius 1 is 1.12 bits per heavy atom. The van der Waals surface area contributed by atoms with E-state index in [1.165, 1.54) is 6.08 Å². The Balaban J connectivity index is 1.79. The maximum Gasteiger partial charge on any atom is 0.331 e. The molecule has 0 atom stereocenters. The molecule has 0 radical (unpaired) electrons. The third kappa shape index (κ3) is 6.26. The molecule has 0 saturated carbocycles. The molecule has 136 valence electrons. The van der Waals surface area contributed by atoms with Gasteiger partial charge in [-0.3, -0.25) is 4.79 Å². The first kappa shape index (κ1) is 19.5. The molecular weight excluding hydrogens is 354 g/mol. The van der Waals surface area contributed by atoms with Crippen LogP contribution in [0.3, 0.4) is 0 Å². The topological polar surface area (TPSA) is 64.6 Å². The number of carbonyl (C=O) groups is 2. The van der Waals surface area contributed by atoms with Crippen LogP contribution in [0.2, 0.25) is 5.02 Å². The van der Waals surface area contributed by atoms with E-state index in [9.17, 15) is 9.59 Å². The van der Waals surface area contributed by atoms with E-state index in [2.05, 4.69) is 5.32 Å². The molecule has 0 aliphatic heterocycles. The highest BCUT2D eigenvalue weighted by Gasteiger charge is 2.07. The normalized spacial score (nSPS) is 10.5. The molecule has 1 N–H and O–H groups in total. The van der Waals surface area contributed by atoms with Crippen molar-refractivity contribution in [2.24, 2.45) is 0 Å². The summed E-state index contributed by atoms with van der Waals surface area (Å²) in [5.41, 5.74) is 1.55. The van der Waals surface area contributed by atoms with Gasteiger partial charge < -0.3 is 14.8 Å². The summed E-state index contributed by atoms with van der Waals surface area (Å²) in [6.07, 6.45) is 2.86. The predicted molar refractivity (Wildman–Crippen MR) is 101 cm³/mol. The van der Waals surface area contributed by atoms with Crippen molar-refractivity contribution in [3.05, 3.63) is 70.8 Å². The molecule has 2 aromatic carbocycles. The summed E-state index contributed by atoms with van der Waals surface area (Å²) in [5, 5.41) is 3.22. The van der Waals surface area contributed by atoms with Gasteiger partial charge in [-0.15, -0.1) is 0 Å². The molecule has 1 amide bonds. The van der Waals surface area contributed by atoms with Gasteiger partial charge in [-0.25, -0.2) is 4.79 Å². The minimum absolute atomic E-state index is 0.271. The minimum atomic E-state index is -0.607. The van der Waals surface area contributed by atoms with Crippen LogP contribution < -0.4 is 10.1 Å². The molecule has 0 unspecified atom stereocenters. The summed E-state index contributed by atoms with van der Waals surface area (Å²) in [5.74, 6) is -0.331. The third-order valence-corrected chi connectivity index (χ3v) is 3.77. The van der Waals surface area contributed by atoms with Crippen LogP contribution in [-0.2, 0) is 20.9 Å². The number of rotatable bonds is 8. The molecule has 0 saturated heterocycles. The summed E-state index contributed by atoms with van der Waals surface area (Å²) < 4.78 is 10.4. The fraction of sp³-hybridized carbons (Fsp3) is 0.200. The fourth-order valence-electron chi connectivity index (χ4n) is 2.13. The van der Waals surface area contributed by atoms with Crippen LogP contribution in [0.5, 0.6) is 5.75 Å². The molecule has 0 aliphatic rings. The van der Waals surface area contributed by atoms with Gasteiger partial charge >= 0.3 is 5.97 Å². The number of para-hydroxylation sites is 1. The molecule has 5 nitrogen and oxygen atoms in total. The zero-order valence-corrected chi connectivity index (χ0v) is 15.2. The van der Waals surface area contributed by atoms with E-state index < -0.39 is 11.9 Å². The van der Waals surface area contributed by atoms with Crippen molar-refractivity contribution in [1.82, 2.24) is 5.32 Å². The fourth-order valence-corrected chi connectivity index (χ4v) is 2.34. The number of hydrogen-bond donors (Lipinski definition) is 1. The first-order chi connectivity index (χ1) is 12.6. The number of ether oxygens (including phenoxy) is 2. The zero-order valence-electron chi connectivity index (χ0n) is 14.4. The number of halogens is 1. The van der Waals surface area contributed by atoms with E-state index in [4.69, 9.17) is 21.1 Å². The van der Waals surface area contributed by atoms with Gasteiger partial charge in [-0.05, 0) is 30.7 Å². The van der Waals surface area contributed by atoms with Gasteiger partial charge in [-0.2, -0.15) is 0 Å². The second-order valence-electron chi connectivity index (χ2n) is 5.28. The second kappa shape index (κ2) is 10.3. The van der Waals surface area contributed by atoms with Crippen LogP contribution in [0.1, 0.15) is 18.1 Å². The highest BCUT2D eigenvalue weighted by Crippen LogP contribution is 2.19. The highest BCUT2D eigenvalue weighted by atomic mass is 35.5. The maximum absolute atomic E-state index is 11.8. The van der Waals surface area contributed by atoms with Gasteiger partial charge in [0.15, 0.2) is 6.61 Å². The summed E-state index contributed by atoms with van der Waals surface area (Å²) in [6, 6.07) is 14.5. The predicted octanol–water partition coefficient (Wildman–Crippen LogP) is 3.61. The molecule has 2 rings (SSSR count). The van der Waals surface area contributed by atoms with Crippen molar-refractivity contribution in [3.8, 4) is 5.75 Å². The molecular formula is C20H20ClNO4. The Kier molecular flexibility index (Phi) is 7.71. The zero-order chi connectivity index (χ0) is 18.8. The Hall–Kier alpha value is -2.79. The maximum atomic E-state index is 11.8. The summed E-state index contributed by atoms with van der Waals surface area (Å²) in [6.45, 7) is 2.32. The van der Waals surface area contributed by atoms with E-state index in [0.29, 0.717) is 17.4 Å². The van der Waals surface area contributed by atoms with Gasteiger partial charge in [-0.1, -0.05) is 48.0 Å². The monoisotopic (exact) mass is 373 g/mol. The number of amides is 1. The molecule has 0 aromatic heterocycles. The summed E-state index contributed by atoms with van der Waals surface area (Å²) in [7, 11) is 0. The largest absolute Gasteiger partial charge is 0.493 e. The smallest absolute Gasteiger partial charge is 0.331 e. The lowest BCUT2D eigenvalue weighted by atomic mass is 10.2. The number of benzene rings is 2. The average Bonchev–Trinajstić information content (AvgIpc) is 2.65. The lowest BCUT2D eigenvalue weighted by Crippen LogP contribution is -2.28. The molecule has 6 heteroatoms. The molecule has 0 heterocycles. The van der Waals surface area contributed by atoms with Crippen LogP contribution in [0.15, 0.2) is 54.6 Å². The van der Waals surface area contributed by atoms with Gasteiger partial charge in [0.05, 0.1) is 6.61 Å². The standard InChI is InChI=1S/C20H20ClNO4/c1-2-25-18-10-6-4-7-15(18)11-12-20(24)26-14-19(23)22-13-16-8-3-5-9-17(16)21/h3-12H,2,13-14H2,1H3,(H,22,23)/b12-11+. The average molecular weight is 374 g/mol. The van der Waals surface area contributed by atoms with E-state index >= 15 is 0 Å². The Morgan fingerprint density at radius 2 is 1.85 bits per heavy atom. The SMILES string of the molecule is CCOc1ccccc1/C=C/C(=O)OCC(=O)NCc1ccccc1Cl. The third-order valence-electron chi connectivity index (χ3n) is 3.40. The van der Waals surface area contributed by atoms with Crippen molar-refractivity contribution in [1.29, 1.82) is 0 Å². The van der Waals surface area contributed by atoms with Crippen molar-refractivity contribution < 1.29 is 19.1 Å². The number of carbonyl (C=O) groups excluding carboxylic acids is 2. The number of hydrogen-bond acceptors (Lipinski definition) is 4. The van der Waals surface area contributed by atoms with Crippen LogP contribution in [0.4, 0.5) is 0 Å². The van der Waals surface area contributed by atoms with Crippen molar-refractivity contribution in [2.45, 2.75) is 13.5 Å². The van der Waals surface area contributed by atoms with Crippen LogP contribution >= 0.6 is 11.6 Å². The van der Waals surface area contributed by atoms with E-state index in [1.54, 1.807) is 12.1 Å². The quantitative estimate of drug-likeness (QED) is 0.567. The number of nitrogens with one attached hydrogen (secondary N) is 1. The lowest BCUT2D eigenvalue weighted by molar-refractivity contribution is -0.143. The van der Waals surface area contributed by atoms with E-state index in [-0.39, 0.29) is 13.2 Å². The Bertz CT molecular complexity index is 789. The molecule has 0 fully saturated rings. The molecule has 2 aromatic rings. The summed E-state index contributed by atoms with van der Waals surface area (Å²) >= 11 is 6.01. The Labute approximate surface area is 157 Å². The van der Waals surface area contributed by atoms with E-state index in [0.717, 1.165) is 11.1 Å². The second-order valence-corrected chi connectivity index (χ2v) is 5.69. The van der Waals surface area contributed by atoms with Crippen LogP contribution in [-0.4, -0.2) is 25.1 Å². The first-order valence-corrected chi connectivity index (χ1v) is 8.54. The summed E-state index contributed by atoms with van der Waals surface area (Å²) in [4.78, 5) is 23.5. The highest BCUT2D eigenvalue weighted by molar-refractivity contribution is 6.31. The first-order valence-electron chi connectivity index (χ1n) is 8.17. The van der Waals surface area contributed by atoms with Gasteiger partial charge in [0.1, 0.15) is 5.75 Å². The molecule has 0 bridgehead atoms. The number of esters is 1. The van der Waals surface area contributed by atoms with Crippen molar-refractivity contribution >= 4 is 29.6 Å². The van der Waals surface area contributed by atoms with Crippen molar-refractivity contribution in [2.75, 3.05) is 13.2 Å². The van der Waals surface area contributed by atoms with Crippen LogP contribution in [0, 0.1) is 0 Å². The molecule has 0 spiro atoms.